The van der Waals surface area contributed by atoms with Gasteiger partial charge >= 0.3 is 12.0 Å². The van der Waals surface area contributed by atoms with Crippen molar-refractivity contribution in [1.82, 2.24) is 15.5 Å². The molecule has 3 N–H and O–H groups in total. The molecule has 23 heavy (non-hydrogen) atoms. The van der Waals surface area contributed by atoms with Crippen molar-refractivity contribution in [2.24, 2.45) is 5.92 Å². The number of carbonyl (C=O) groups is 3. The summed E-state index contributed by atoms with van der Waals surface area (Å²) in [5.41, 5.74) is 0.569. The first-order valence-corrected chi connectivity index (χ1v) is 7.67. The molecule has 1 aliphatic heterocycles. The highest BCUT2D eigenvalue weighted by atomic mass is 16.4. The second kappa shape index (κ2) is 8.17. The third-order valence-electron chi connectivity index (χ3n) is 3.78. The number of carbonyl (C=O) groups excluding carboxylic acids is 2. The second-order valence-corrected chi connectivity index (χ2v) is 5.48. The van der Waals surface area contributed by atoms with Crippen molar-refractivity contribution in [2.75, 3.05) is 26.2 Å². The number of rotatable bonds is 5. The molecule has 0 spiro atoms. The lowest BCUT2D eigenvalue weighted by atomic mass is 9.99. The third kappa shape index (κ3) is 4.98. The van der Waals surface area contributed by atoms with Crippen molar-refractivity contribution < 1.29 is 19.5 Å². The van der Waals surface area contributed by atoms with E-state index in [9.17, 15) is 14.4 Å². The number of benzene rings is 1. The van der Waals surface area contributed by atoms with Gasteiger partial charge in [-0.25, -0.2) is 4.79 Å². The van der Waals surface area contributed by atoms with Gasteiger partial charge in [0.15, 0.2) is 0 Å². The van der Waals surface area contributed by atoms with Gasteiger partial charge in [0.2, 0.25) is 0 Å². The molecule has 7 heteroatoms. The Labute approximate surface area is 134 Å². The summed E-state index contributed by atoms with van der Waals surface area (Å²) in [6.45, 7) is 1.41. The number of piperidine rings is 1. The second-order valence-electron chi connectivity index (χ2n) is 5.48. The molecular formula is C16H21N3O4. The zero-order chi connectivity index (χ0) is 16.7. The molecule has 1 heterocycles. The Hall–Kier alpha value is -2.57. The predicted octanol–water partition coefficient (Wildman–Crippen LogP) is 0.923. The molecule has 1 aromatic carbocycles. The molecule has 3 amide bonds. The lowest BCUT2D eigenvalue weighted by molar-refractivity contribution is -0.143. The molecule has 0 bridgehead atoms. The molecular weight excluding hydrogens is 298 g/mol. The fourth-order valence-electron chi connectivity index (χ4n) is 2.51. The maximum absolute atomic E-state index is 12.0. The number of carboxylic acid groups (broad SMARTS) is 1. The highest BCUT2D eigenvalue weighted by Crippen LogP contribution is 2.16. The summed E-state index contributed by atoms with van der Waals surface area (Å²) in [5.74, 6) is -1.55. The number of urea groups is 1. The molecule has 1 fully saturated rings. The number of nitrogens with one attached hydrogen (secondary N) is 2. The molecule has 1 unspecified atom stereocenters. The van der Waals surface area contributed by atoms with E-state index in [1.165, 1.54) is 4.90 Å². The molecule has 1 saturated heterocycles. The molecule has 0 saturated carbocycles. The predicted molar refractivity (Wildman–Crippen MR) is 84.1 cm³/mol. The first-order chi connectivity index (χ1) is 11.1. The van der Waals surface area contributed by atoms with Crippen LogP contribution in [0.5, 0.6) is 0 Å². The van der Waals surface area contributed by atoms with Gasteiger partial charge in [-0.05, 0) is 25.0 Å². The van der Waals surface area contributed by atoms with Gasteiger partial charge in [-0.15, -0.1) is 0 Å². The summed E-state index contributed by atoms with van der Waals surface area (Å²) in [4.78, 5) is 36.3. The quantitative estimate of drug-likeness (QED) is 0.703. The Bertz CT molecular complexity index is 562. The van der Waals surface area contributed by atoms with Crippen LogP contribution in [-0.4, -0.2) is 54.1 Å². The lowest BCUT2D eigenvalue weighted by Crippen LogP contribution is -2.48. The Morgan fingerprint density at radius 3 is 2.52 bits per heavy atom. The van der Waals surface area contributed by atoms with Crippen LogP contribution in [0.25, 0.3) is 0 Å². The Kier molecular flexibility index (Phi) is 5.96. The summed E-state index contributed by atoms with van der Waals surface area (Å²) in [6, 6.07) is 8.55. The fourth-order valence-corrected chi connectivity index (χ4v) is 2.51. The van der Waals surface area contributed by atoms with Crippen molar-refractivity contribution in [2.45, 2.75) is 12.8 Å². The monoisotopic (exact) mass is 319 g/mol. The van der Waals surface area contributed by atoms with Crippen LogP contribution >= 0.6 is 0 Å². The molecule has 0 aromatic heterocycles. The molecule has 2 rings (SSSR count). The Morgan fingerprint density at radius 2 is 1.83 bits per heavy atom. The van der Waals surface area contributed by atoms with E-state index in [0.717, 1.165) is 0 Å². The largest absolute Gasteiger partial charge is 0.481 e. The zero-order valence-corrected chi connectivity index (χ0v) is 12.8. The average Bonchev–Trinajstić information content (AvgIpc) is 2.59. The summed E-state index contributed by atoms with van der Waals surface area (Å²) >= 11 is 0. The van der Waals surface area contributed by atoms with Crippen molar-refractivity contribution >= 4 is 17.9 Å². The smallest absolute Gasteiger partial charge is 0.317 e. The molecule has 1 atom stereocenters. The minimum Gasteiger partial charge on any atom is -0.481 e. The molecule has 1 aromatic rings. The summed E-state index contributed by atoms with van der Waals surface area (Å²) in [5, 5.41) is 14.4. The van der Waals surface area contributed by atoms with Crippen LogP contribution in [0.1, 0.15) is 23.2 Å². The molecule has 0 aliphatic carbocycles. The van der Waals surface area contributed by atoms with E-state index in [2.05, 4.69) is 10.6 Å². The van der Waals surface area contributed by atoms with Gasteiger partial charge in [0, 0.05) is 31.7 Å². The van der Waals surface area contributed by atoms with Gasteiger partial charge in [0.05, 0.1) is 5.92 Å². The highest BCUT2D eigenvalue weighted by molar-refractivity contribution is 5.94. The van der Waals surface area contributed by atoms with Gasteiger partial charge < -0.3 is 20.6 Å². The number of carboxylic acids is 1. The Morgan fingerprint density at radius 1 is 1.13 bits per heavy atom. The molecule has 7 nitrogen and oxygen atoms in total. The van der Waals surface area contributed by atoms with Crippen molar-refractivity contribution in [3.05, 3.63) is 35.9 Å². The van der Waals surface area contributed by atoms with Crippen molar-refractivity contribution in [3.8, 4) is 0 Å². The van der Waals surface area contributed by atoms with Crippen LogP contribution in [0, 0.1) is 5.92 Å². The van der Waals surface area contributed by atoms with Crippen LogP contribution in [0.2, 0.25) is 0 Å². The van der Waals surface area contributed by atoms with Gasteiger partial charge in [-0.1, -0.05) is 18.2 Å². The lowest BCUT2D eigenvalue weighted by Gasteiger charge is -2.30. The summed E-state index contributed by atoms with van der Waals surface area (Å²) in [7, 11) is 0. The molecule has 0 radical (unpaired) electrons. The Balaban J connectivity index is 1.68. The van der Waals surface area contributed by atoms with Gasteiger partial charge in [0.25, 0.3) is 5.91 Å². The van der Waals surface area contributed by atoms with Gasteiger partial charge in [-0.3, -0.25) is 9.59 Å². The van der Waals surface area contributed by atoms with E-state index in [0.29, 0.717) is 38.0 Å². The maximum atomic E-state index is 12.0. The van der Waals surface area contributed by atoms with Crippen LogP contribution in [0.15, 0.2) is 30.3 Å². The van der Waals surface area contributed by atoms with E-state index in [1.54, 1.807) is 24.3 Å². The maximum Gasteiger partial charge on any atom is 0.317 e. The standard InChI is InChI=1S/C16H21N3O4/c20-14(12-5-2-1-3-6-12)17-8-9-18-16(23)19-10-4-7-13(11-19)15(21)22/h1-3,5-6,13H,4,7-11H2,(H,17,20)(H,18,23)(H,21,22). The van der Waals surface area contributed by atoms with Gasteiger partial charge in [0.1, 0.15) is 0 Å². The average molecular weight is 319 g/mol. The van der Waals surface area contributed by atoms with Gasteiger partial charge in [-0.2, -0.15) is 0 Å². The highest BCUT2D eigenvalue weighted by Gasteiger charge is 2.27. The van der Waals surface area contributed by atoms with Crippen molar-refractivity contribution in [1.29, 1.82) is 0 Å². The fraction of sp³-hybridized carbons (Fsp3) is 0.438. The minimum absolute atomic E-state index is 0.191. The first kappa shape index (κ1) is 16.8. The van der Waals surface area contributed by atoms with Crippen LogP contribution < -0.4 is 10.6 Å². The summed E-state index contributed by atoms with van der Waals surface area (Å²) in [6.07, 6.45) is 1.29. The van der Waals surface area contributed by atoms with E-state index in [1.807, 2.05) is 6.07 Å². The number of hydrogen-bond acceptors (Lipinski definition) is 3. The van der Waals surface area contributed by atoms with E-state index < -0.39 is 11.9 Å². The number of aliphatic carboxylic acids is 1. The first-order valence-electron chi connectivity index (χ1n) is 7.67. The number of nitrogens with zero attached hydrogens (tertiary/aromatic N) is 1. The normalized spacial score (nSPS) is 17.4. The summed E-state index contributed by atoms with van der Waals surface area (Å²) < 4.78 is 0. The van der Waals surface area contributed by atoms with Crippen LogP contribution in [0.4, 0.5) is 4.79 Å². The molecule has 124 valence electrons. The van der Waals surface area contributed by atoms with Crippen LogP contribution in [-0.2, 0) is 4.79 Å². The van der Waals surface area contributed by atoms with E-state index in [4.69, 9.17) is 5.11 Å². The molecule has 1 aliphatic rings. The van der Waals surface area contributed by atoms with Crippen LogP contribution in [0.3, 0.4) is 0 Å². The zero-order valence-electron chi connectivity index (χ0n) is 12.8. The number of hydrogen-bond donors (Lipinski definition) is 3. The topological polar surface area (TPSA) is 98.7 Å². The minimum atomic E-state index is -0.863. The van der Waals surface area contributed by atoms with E-state index >= 15 is 0 Å². The van der Waals surface area contributed by atoms with Crippen molar-refractivity contribution in [3.63, 3.8) is 0 Å². The van der Waals surface area contributed by atoms with E-state index in [-0.39, 0.29) is 18.5 Å². The number of amides is 3. The SMILES string of the molecule is O=C(NCCNC(=O)N1CCCC(C(=O)O)C1)c1ccccc1. The third-order valence-corrected chi connectivity index (χ3v) is 3.78. The number of likely N-dealkylation sites (tertiary alicyclic amines) is 1.